The molecule has 2 aromatic heterocycles. The SMILES string of the molecule is CNc1nc(NCC(=O)N2CCCC2)c2ccsc2n1. The van der Waals surface area contributed by atoms with Crippen molar-refractivity contribution in [3.63, 3.8) is 0 Å². The maximum Gasteiger partial charge on any atom is 0.241 e. The molecule has 0 aliphatic carbocycles. The zero-order chi connectivity index (χ0) is 13.9. The van der Waals surface area contributed by atoms with Crippen LogP contribution in [-0.4, -0.2) is 47.5 Å². The number of aromatic nitrogens is 2. The molecule has 20 heavy (non-hydrogen) atoms. The van der Waals surface area contributed by atoms with Crippen molar-refractivity contribution in [1.82, 2.24) is 14.9 Å². The van der Waals surface area contributed by atoms with Gasteiger partial charge in [-0.3, -0.25) is 4.79 Å². The van der Waals surface area contributed by atoms with Crippen molar-refractivity contribution >= 4 is 39.2 Å². The van der Waals surface area contributed by atoms with E-state index in [9.17, 15) is 4.79 Å². The molecule has 1 aliphatic heterocycles. The number of amides is 1. The number of likely N-dealkylation sites (tertiary alicyclic amines) is 1. The number of carbonyl (C=O) groups is 1. The quantitative estimate of drug-likeness (QED) is 0.898. The predicted octanol–water partition coefficient (Wildman–Crippen LogP) is 1.77. The summed E-state index contributed by atoms with van der Waals surface area (Å²) in [5.74, 6) is 1.42. The van der Waals surface area contributed by atoms with Crippen LogP contribution < -0.4 is 10.6 Å². The largest absolute Gasteiger partial charge is 0.360 e. The predicted molar refractivity (Wildman–Crippen MR) is 81.3 cm³/mol. The van der Waals surface area contributed by atoms with Crippen LogP contribution >= 0.6 is 11.3 Å². The van der Waals surface area contributed by atoms with E-state index in [1.807, 2.05) is 16.3 Å². The van der Waals surface area contributed by atoms with E-state index in [2.05, 4.69) is 20.6 Å². The summed E-state index contributed by atoms with van der Waals surface area (Å²) in [6, 6.07) is 1.97. The molecule has 0 unspecified atom stereocenters. The first-order valence-electron chi connectivity index (χ1n) is 6.72. The molecule has 0 saturated carbocycles. The smallest absolute Gasteiger partial charge is 0.241 e. The fourth-order valence-corrected chi connectivity index (χ4v) is 3.10. The molecule has 6 nitrogen and oxygen atoms in total. The molecular weight excluding hydrogens is 274 g/mol. The third kappa shape index (κ3) is 2.53. The Morgan fingerprint density at radius 3 is 2.95 bits per heavy atom. The van der Waals surface area contributed by atoms with E-state index >= 15 is 0 Å². The average molecular weight is 291 g/mol. The first kappa shape index (κ1) is 13.1. The summed E-state index contributed by atoms with van der Waals surface area (Å²) < 4.78 is 0. The van der Waals surface area contributed by atoms with E-state index < -0.39 is 0 Å². The van der Waals surface area contributed by atoms with Crippen LogP contribution in [-0.2, 0) is 4.79 Å². The molecule has 0 aromatic carbocycles. The minimum Gasteiger partial charge on any atom is -0.360 e. The van der Waals surface area contributed by atoms with Gasteiger partial charge >= 0.3 is 0 Å². The summed E-state index contributed by atoms with van der Waals surface area (Å²) >= 11 is 1.56. The van der Waals surface area contributed by atoms with E-state index in [-0.39, 0.29) is 12.5 Å². The van der Waals surface area contributed by atoms with Crippen molar-refractivity contribution in [2.45, 2.75) is 12.8 Å². The van der Waals surface area contributed by atoms with Gasteiger partial charge in [0.15, 0.2) is 0 Å². The lowest BCUT2D eigenvalue weighted by Crippen LogP contribution is -2.33. The normalized spacial score (nSPS) is 14.8. The third-order valence-electron chi connectivity index (χ3n) is 3.41. The maximum absolute atomic E-state index is 12.1. The maximum atomic E-state index is 12.1. The van der Waals surface area contributed by atoms with Gasteiger partial charge in [-0.25, -0.2) is 4.98 Å². The number of carbonyl (C=O) groups excluding carboxylic acids is 1. The number of rotatable bonds is 4. The van der Waals surface area contributed by atoms with E-state index in [1.54, 1.807) is 18.4 Å². The highest BCUT2D eigenvalue weighted by atomic mass is 32.1. The zero-order valence-electron chi connectivity index (χ0n) is 11.3. The number of anilines is 2. The number of nitrogens with zero attached hydrogens (tertiary/aromatic N) is 3. The van der Waals surface area contributed by atoms with Crippen molar-refractivity contribution in [2.75, 3.05) is 37.3 Å². The van der Waals surface area contributed by atoms with Crippen LogP contribution in [0.15, 0.2) is 11.4 Å². The molecule has 0 radical (unpaired) electrons. The molecule has 106 valence electrons. The Labute approximate surface area is 121 Å². The molecule has 1 saturated heterocycles. The fourth-order valence-electron chi connectivity index (χ4n) is 2.34. The van der Waals surface area contributed by atoms with Gasteiger partial charge < -0.3 is 15.5 Å². The monoisotopic (exact) mass is 291 g/mol. The molecule has 7 heteroatoms. The molecule has 0 bridgehead atoms. The Balaban J connectivity index is 1.76. The highest BCUT2D eigenvalue weighted by molar-refractivity contribution is 7.16. The van der Waals surface area contributed by atoms with Gasteiger partial charge in [0, 0.05) is 20.1 Å². The van der Waals surface area contributed by atoms with Gasteiger partial charge in [0.25, 0.3) is 0 Å². The lowest BCUT2D eigenvalue weighted by Gasteiger charge is -2.16. The summed E-state index contributed by atoms with van der Waals surface area (Å²) in [7, 11) is 1.79. The molecule has 1 amide bonds. The van der Waals surface area contributed by atoms with Crippen molar-refractivity contribution < 1.29 is 4.79 Å². The van der Waals surface area contributed by atoms with Crippen LogP contribution in [0.4, 0.5) is 11.8 Å². The lowest BCUT2D eigenvalue weighted by molar-refractivity contribution is -0.128. The number of nitrogens with one attached hydrogen (secondary N) is 2. The van der Waals surface area contributed by atoms with E-state index in [4.69, 9.17) is 0 Å². The molecule has 3 rings (SSSR count). The van der Waals surface area contributed by atoms with Crippen LogP contribution in [0.2, 0.25) is 0 Å². The Bertz CT molecular complexity index is 620. The van der Waals surface area contributed by atoms with E-state index in [0.717, 1.165) is 36.1 Å². The van der Waals surface area contributed by atoms with Crippen LogP contribution in [0.5, 0.6) is 0 Å². The second-order valence-corrected chi connectivity index (χ2v) is 5.62. The molecular formula is C13H17N5OS. The topological polar surface area (TPSA) is 70.2 Å². The van der Waals surface area contributed by atoms with E-state index in [1.165, 1.54) is 0 Å². The molecule has 1 fully saturated rings. The first-order valence-corrected chi connectivity index (χ1v) is 7.60. The second kappa shape index (κ2) is 5.62. The molecule has 1 aliphatic rings. The Morgan fingerprint density at radius 1 is 1.40 bits per heavy atom. The van der Waals surface area contributed by atoms with Gasteiger partial charge in [-0.1, -0.05) is 0 Å². The Morgan fingerprint density at radius 2 is 2.20 bits per heavy atom. The summed E-state index contributed by atoms with van der Waals surface area (Å²) in [4.78, 5) is 23.6. The zero-order valence-corrected chi connectivity index (χ0v) is 12.2. The second-order valence-electron chi connectivity index (χ2n) is 4.73. The molecule has 0 spiro atoms. The van der Waals surface area contributed by atoms with Gasteiger partial charge in [-0.05, 0) is 24.3 Å². The van der Waals surface area contributed by atoms with Crippen molar-refractivity contribution in [1.29, 1.82) is 0 Å². The van der Waals surface area contributed by atoms with Gasteiger partial charge in [0.2, 0.25) is 11.9 Å². The number of thiophene rings is 1. The van der Waals surface area contributed by atoms with Crippen LogP contribution in [0.25, 0.3) is 10.2 Å². The van der Waals surface area contributed by atoms with Crippen molar-refractivity contribution in [3.05, 3.63) is 11.4 Å². The van der Waals surface area contributed by atoms with Gasteiger partial charge in [-0.2, -0.15) is 4.98 Å². The van der Waals surface area contributed by atoms with Crippen molar-refractivity contribution in [3.8, 4) is 0 Å². The molecule has 2 N–H and O–H groups in total. The molecule has 3 heterocycles. The summed E-state index contributed by atoms with van der Waals surface area (Å²) in [6.45, 7) is 2.03. The van der Waals surface area contributed by atoms with Crippen LogP contribution in [0.1, 0.15) is 12.8 Å². The summed E-state index contributed by atoms with van der Waals surface area (Å²) in [5.41, 5.74) is 0. The first-order chi connectivity index (χ1) is 9.78. The van der Waals surface area contributed by atoms with Crippen LogP contribution in [0, 0.1) is 0 Å². The molecule has 0 atom stereocenters. The highest BCUT2D eigenvalue weighted by Gasteiger charge is 2.18. The van der Waals surface area contributed by atoms with Gasteiger partial charge in [-0.15, -0.1) is 11.3 Å². The molecule has 2 aromatic rings. The van der Waals surface area contributed by atoms with Gasteiger partial charge in [0.1, 0.15) is 10.6 Å². The summed E-state index contributed by atoms with van der Waals surface area (Å²) in [5, 5.41) is 9.03. The minimum atomic E-state index is 0.135. The number of hydrogen-bond acceptors (Lipinski definition) is 6. The number of hydrogen-bond donors (Lipinski definition) is 2. The average Bonchev–Trinajstić information content (AvgIpc) is 3.14. The number of fused-ring (bicyclic) bond motifs is 1. The lowest BCUT2D eigenvalue weighted by atomic mass is 10.3. The minimum absolute atomic E-state index is 0.135. The van der Waals surface area contributed by atoms with E-state index in [0.29, 0.717) is 11.8 Å². The van der Waals surface area contributed by atoms with Crippen LogP contribution in [0.3, 0.4) is 0 Å². The third-order valence-corrected chi connectivity index (χ3v) is 4.22. The standard InChI is InChI=1S/C13H17N5OS/c1-14-13-16-11(9-4-7-20-12(9)17-13)15-8-10(19)18-5-2-3-6-18/h4,7H,2-3,5-6,8H2,1H3,(H2,14,15,16,17). The fraction of sp³-hybridized carbons (Fsp3) is 0.462. The van der Waals surface area contributed by atoms with Crippen molar-refractivity contribution in [2.24, 2.45) is 0 Å². The van der Waals surface area contributed by atoms with Gasteiger partial charge in [0.05, 0.1) is 11.9 Å². The summed E-state index contributed by atoms with van der Waals surface area (Å²) in [6.07, 6.45) is 2.22. The Kier molecular flexibility index (Phi) is 3.68. The Hall–Kier alpha value is -1.89. The highest BCUT2D eigenvalue weighted by Crippen LogP contribution is 2.26.